The van der Waals surface area contributed by atoms with Crippen LogP contribution < -0.4 is 10.6 Å². The van der Waals surface area contributed by atoms with Crippen molar-refractivity contribution in [3.05, 3.63) is 35.4 Å². The van der Waals surface area contributed by atoms with Crippen molar-refractivity contribution in [3.8, 4) is 0 Å². The van der Waals surface area contributed by atoms with Crippen molar-refractivity contribution in [2.75, 3.05) is 0 Å². The fourth-order valence-corrected chi connectivity index (χ4v) is 4.60. The molecule has 0 bridgehead atoms. The van der Waals surface area contributed by atoms with Gasteiger partial charge in [0.15, 0.2) is 0 Å². The predicted octanol–water partition coefficient (Wildman–Crippen LogP) is 6.93. The van der Waals surface area contributed by atoms with E-state index < -0.39 is 23.8 Å². The van der Waals surface area contributed by atoms with E-state index in [2.05, 4.69) is 31.4 Å². The Morgan fingerprint density at radius 2 is 1.49 bits per heavy atom. The Kier molecular flexibility index (Phi) is 14.0. The van der Waals surface area contributed by atoms with Gasteiger partial charge in [-0.1, -0.05) is 77.3 Å². The lowest BCUT2D eigenvalue weighted by molar-refractivity contribution is -0.146. The molecule has 0 fully saturated rings. The highest BCUT2D eigenvalue weighted by Gasteiger charge is 2.40. The van der Waals surface area contributed by atoms with Crippen LogP contribution in [0, 0.1) is 18.8 Å². The molecule has 1 aromatic carbocycles. The van der Waals surface area contributed by atoms with Gasteiger partial charge in [0.25, 0.3) is 0 Å². The molecule has 0 heterocycles. The highest BCUT2D eigenvalue weighted by Crippen LogP contribution is 2.29. The minimum atomic E-state index is -0.833. The average Bonchev–Trinajstić information content (AvgIpc) is 2.83. The Bertz CT molecular complexity index is 907. The summed E-state index contributed by atoms with van der Waals surface area (Å²) in [6.07, 6.45) is 3.48. The molecular formula is C32H55N3O4. The number of carbonyl (C=O) groups is 3. The maximum atomic E-state index is 14.5. The van der Waals surface area contributed by atoms with Crippen LogP contribution in [0.2, 0.25) is 0 Å². The van der Waals surface area contributed by atoms with Crippen molar-refractivity contribution in [2.45, 2.75) is 138 Å². The molecule has 39 heavy (non-hydrogen) atoms. The molecule has 0 aliphatic carbocycles. The van der Waals surface area contributed by atoms with Crippen LogP contribution in [-0.4, -0.2) is 46.5 Å². The third kappa shape index (κ3) is 11.6. The van der Waals surface area contributed by atoms with Gasteiger partial charge in [-0.3, -0.25) is 9.59 Å². The number of rotatable bonds is 14. The van der Waals surface area contributed by atoms with Crippen molar-refractivity contribution >= 4 is 17.9 Å². The highest BCUT2D eigenvalue weighted by molar-refractivity contribution is 5.92. The largest absolute Gasteiger partial charge is 0.444 e. The summed E-state index contributed by atoms with van der Waals surface area (Å²) < 4.78 is 5.52. The maximum Gasteiger partial charge on any atom is 0.408 e. The van der Waals surface area contributed by atoms with Crippen LogP contribution in [0.5, 0.6) is 0 Å². The second-order valence-corrected chi connectivity index (χ2v) is 12.6. The third-order valence-electron chi connectivity index (χ3n) is 7.07. The minimum Gasteiger partial charge on any atom is -0.444 e. The van der Waals surface area contributed by atoms with Gasteiger partial charge >= 0.3 is 6.09 Å². The number of amides is 3. The zero-order valence-electron chi connectivity index (χ0n) is 26.4. The van der Waals surface area contributed by atoms with E-state index in [0.29, 0.717) is 12.3 Å². The van der Waals surface area contributed by atoms with Crippen molar-refractivity contribution < 1.29 is 19.1 Å². The summed E-state index contributed by atoms with van der Waals surface area (Å²) in [5, 5.41) is 6.01. The molecule has 1 rings (SSSR count). The Morgan fingerprint density at radius 3 is 1.97 bits per heavy atom. The Hall–Kier alpha value is -2.57. The number of ether oxygens (including phenoxy) is 1. The number of hydrogen-bond acceptors (Lipinski definition) is 4. The summed E-state index contributed by atoms with van der Waals surface area (Å²) in [4.78, 5) is 43.0. The number of benzene rings is 1. The maximum absolute atomic E-state index is 14.5. The summed E-state index contributed by atoms with van der Waals surface area (Å²) >= 11 is 0. The minimum absolute atomic E-state index is 0.0244. The molecule has 2 N–H and O–H groups in total. The van der Waals surface area contributed by atoms with Gasteiger partial charge in [0.05, 0.1) is 0 Å². The van der Waals surface area contributed by atoms with E-state index in [1.54, 1.807) is 25.7 Å². The zero-order chi connectivity index (χ0) is 29.9. The lowest BCUT2D eigenvalue weighted by atomic mass is 9.93. The standard InChI is InChI=1S/C32H55N3O4/c1-12-14-24(7)33-29(36)28(26-19-16-22(5)17-20-26)35(25(8)18-15-21(3)4)30(37)27(23(6)13-2)34-31(38)39-32(9,10)11/h16-17,19-21,23-25,27-28H,12-15,18H2,1-11H3,(H,33,36)(H,34,38). The van der Waals surface area contributed by atoms with Gasteiger partial charge in [0, 0.05) is 12.1 Å². The average molecular weight is 546 g/mol. The number of aryl methyl sites for hydroxylation is 1. The second-order valence-electron chi connectivity index (χ2n) is 12.6. The van der Waals surface area contributed by atoms with Crippen molar-refractivity contribution in [1.29, 1.82) is 0 Å². The summed E-state index contributed by atoms with van der Waals surface area (Å²) in [7, 11) is 0. The van der Waals surface area contributed by atoms with E-state index in [1.165, 1.54) is 0 Å². The first-order chi connectivity index (χ1) is 18.1. The van der Waals surface area contributed by atoms with Crippen LogP contribution >= 0.6 is 0 Å². The number of nitrogens with one attached hydrogen (secondary N) is 2. The van der Waals surface area contributed by atoms with E-state index >= 15 is 0 Å². The number of carbonyl (C=O) groups excluding carboxylic acids is 3. The Labute approximate surface area is 237 Å². The number of alkyl carbamates (subject to hydrolysis) is 1. The fourth-order valence-electron chi connectivity index (χ4n) is 4.60. The summed E-state index contributed by atoms with van der Waals surface area (Å²) in [6.45, 7) is 21.7. The summed E-state index contributed by atoms with van der Waals surface area (Å²) in [5.74, 6) is -0.184. The lowest BCUT2D eigenvalue weighted by Gasteiger charge is -2.40. The molecule has 0 aliphatic heterocycles. The van der Waals surface area contributed by atoms with Crippen LogP contribution in [0.1, 0.15) is 119 Å². The van der Waals surface area contributed by atoms with Gasteiger partial charge < -0.3 is 20.3 Å². The van der Waals surface area contributed by atoms with Gasteiger partial charge in [-0.25, -0.2) is 4.79 Å². The molecule has 5 atom stereocenters. The molecule has 7 nitrogen and oxygen atoms in total. The van der Waals surface area contributed by atoms with E-state index in [1.807, 2.05) is 58.9 Å². The summed E-state index contributed by atoms with van der Waals surface area (Å²) in [6, 6.07) is 5.88. The zero-order valence-corrected chi connectivity index (χ0v) is 26.4. The molecule has 0 radical (unpaired) electrons. The lowest BCUT2D eigenvalue weighted by Crippen LogP contribution is -2.57. The molecule has 0 spiro atoms. The molecule has 0 aliphatic rings. The second kappa shape index (κ2) is 15.9. The molecule has 0 saturated carbocycles. The fraction of sp³-hybridized carbons (Fsp3) is 0.719. The first-order valence-electron chi connectivity index (χ1n) is 14.8. The van der Waals surface area contributed by atoms with Gasteiger partial charge in [-0.05, 0) is 78.2 Å². The number of nitrogens with zero attached hydrogens (tertiary/aromatic N) is 1. The molecule has 5 unspecified atom stereocenters. The van der Waals surface area contributed by atoms with Gasteiger partial charge in [0.1, 0.15) is 17.7 Å². The normalized spacial score (nSPS) is 15.6. The first-order valence-corrected chi connectivity index (χ1v) is 14.8. The smallest absolute Gasteiger partial charge is 0.408 e. The third-order valence-corrected chi connectivity index (χ3v) is 7.07. The quantitative estimate of drug-likeness (QED) is 0.265. The Balaban J connectivity index is 3.64. The first kappa shape index (κ1) is 34.5. The van der Waals surface area contributed by atoms with Crippen LogP contribution in [0.15, 0.2) is 24.3 Å². The summed E-state index contributed by atoms with van der Waals surface area (Å²) in [5.41, 5.74) is 1.13. The van der Waals surface area contributed by atoms with Crippen molar-refractivity contribution in [3.63, 3.8) is 0 Å². The van der Waals surface area contributed by atoms with Gasteiger partial charge in [-0.2, -0.15) is 0 Å². The van der Waals surface area contributed by atoms with E-state index in [-0.39, 0.29) is 29.8 Å². The van der Waals surface area contributed by atoms with E-state index in [9.17, 15) is 14.4 Å². The predicted molar refractivity (Wildman–Crippen MR) is 159 cm³/mol. The van der Waals surface area contributed by atoms with Crippen molar-refractivity contribution in [2.24, 2.45) is 11.8 Å². The topological polar surface area (TPSA) is 87.7 Å². The SMILES string of the molecule is CCCC(C)NC(=O)C(c1ccc(C)cc1)N(C(=O)C(NC(=O)OC(C)(C)C)C(C)CC)C(C)CCC(C)C. The van der Waals surface area contributed by atoms with Gasteiger partial charge in [-0.15, -0.1) is 0 Å². The van der Waals surface area contributed by atoms with Gasteiger partial charge in [0.2, 0.25) is 11.8 Å². The molecular weight excluding hydrogens is 490 g/mol. The molecule has 0 aromatic heterocycles. The van der Waals surface area contributed by atoms with Crippen LogP contribution in [0.3, 0.4) is 0 Å². The number of hydrogen-bond donors (Lipinski definition) is 2. The Morgan fingerprint density at radius 1 is 0.897 bits per heavy atom. The molecule has 3 amide bonds. The van der Waals surface area contributed by atoms with Crippen LogP contribution in [0.4, 0.5) is 4.79 Å². The van der Waals surface area contributed by atoms with E-state index in [0.717, 1.165) is 36.8 Å². The molecule has 222 valence electrons. The highest BCUT2D eigenvalue weighted by atomic mass is 16.6. The molecule has 7 heteroatoms. The van der Waals surface area contributed by atoms with Crippen molar-refractivity contribution in [1.82, 2.24) is 15.5 Å². The monoisotopic (exact) mass is 545 g/mol. The molecule has 0 saturated heterocycles. The van der Waals surface area contributed by atoms with Crippen LogP contribution in [0.25, 0.3) is 0 Å². The van der Waals surface area contributed by atoms with Crippen LogP contribution in [-0.2, 0) is 14.3 Å². The van der Waals surface area contributed by atoms with E-state index in [4.69, 9.17) is 4.74 Å². The molecule has 1 aromatic rings.